The molecule has 1 fully saturated rings. The van der Waals surface area contributed by atoms with Gasteiger partial charge in [0.25, 0.3) is 0 Å². The van der Waals surface area contributed by atoms with Gasteiger partial charge >= 0.3 is 155 Å². The van der Waals surface area contributed by atoms with E-state index in [1.807, 2.05) is 0 Å². The van der Waals surface area contributed by atoms with E-state index in [0.717, 1.165) is 3.93 Å². The molecule has 1 heteroatoms. The standard InChI is InChI=1S/C6H9.3C6H5.Sn/c1-2-6-4-3-5-6;3*1-2-4-6-5-3-1;/h2-3,6H,1,4-5H2;3*1-5H;. The third-order valence-electron chi connectivity index (χ3n) is 5.81. The zero-order valence-electron chi connectivity index (χ0n) is 14.5. The van der Waals surface area contributed by atoms with Crippen LogP contribution in [0.4, 0.5) is 0 Å². The Hall–Kier alpha value is -1.80. The summed E-state index contributed by atoms with van der Waals surface area (Å²) in [5.74, 6) is 0.692. The molecule has 0 amide bonds. The molecule has 124 valence electrons. The Balaban J connectivity index is 1.97. The Morgan fingerprint density at radius 1 is 0.640 bits per heavy atom. The molecule has 0 atom stereocenters. The van der Waals surface area contributed by atoms with Gasteiger partial charge in [0, 0.05) is 0 Å². The van der Waals surface area contributed by atoms with E-state index in [1.54, 1.807) is 10.7 Å². The summed E-state index contributed by atoms with van der Waals surface area (Å²) in [5, 5.41) is 0. The normalized spacial score (nSPS) is 19.8. The molecule has 0 aromatic heterocycles. The summed E-state index contributed by atoms with van der Waals surface area (Å²) in [6.45, 7) is 4.04. The quantitative estimate of drug-likeness (QED) is 0.421. The van der Waals surface area contributed by atoms with Crippen molar-refractivity contribution in [1.82, 2.24) is 0 Å². The molecule has 0 bridgehead atoms. The van der Waals surface area contributed by atoms with Gasteiger partial charge in [-0.2, -0.15) is 0 Å². The molecule has 0 aliphatic heterocycles. The van der Waals surface area contributed by atoms with Crippen molar-refractivity contribution in [2.24, 2.45) is 5.92 Å². The van der Waals surface area contributed by atoms with Crippen LogP contribution in [0.1, 0.15) is 12.8 Å². The topological polar surface area (TPSA) is 0 Å². The van der Waals surface area contributed by atoms with Gasteiger partial charge in [-0.15, -0.1) is 0 Å². The fourth-order valence-corrected chi connectivity index (χ4v) is 21.3. The average molecular weight is 431 g/mol. The molecule has 0 saturated heterocycles. The van der Waals surface area contributed by atoms with E-state index < -0.39 is 18.4 Å². The third kappa shape index (κ3) is 2.87. The number of rotatable bonds is 5. The van der Waals surface area contributed by atoms with Crippen molar-refractivity contribution in [3.63, 3.8) is 0 Å². The Labute approximate surface area is 155 Å². The van der Waals surface area contributed by atoms with Crippen LogP contribution in [0.2, 0.25) is 3.93 Å². The molecule has 4 rings (SSSR count). The van der Waals surface area contributed by atoms with Gasteiger partial charge in [-0.3, -0.25) is 0 Å². The summed E-state index contributed by atoms with van der Waals surface area (Å²) < 4.78 is 5.59. The van der Waals surface area contributed by atoms with E-state index in [-0.39, 0.29) is 0 Å². The van der Waals surface area contributed by atoms with Crippen molar-refractivity contribution in [2.75, 3.05) is 0 Å². The van der Waals surface area contributed by atoms with Crippen molar-refractivity contribution in [3.8, 4) is 0 Å². The first-order valence-electron chi connectivity index (χ1n) is 9.15. The van der Waals surface area contributed by atoms with Crippen molar-refractivity contribution in [3.05, 3.63) is 104 Å². The van der Waals surface area contributed by atoms with Crippen molar-refractivity contribution < 1.29 is 0 Å². The molecule has 1 aliphatic carbocycles. The maximum absolute atomic E-state index is 4.04. The Kier molecular flexibility index (Phi) is 4.80. The second-order valence-corrected chi connectivity index (χ2v) is 19.0. The van der Waals surface area contributed by atoms with Crippen LogP contribution in [-0.2, 0) is 0 Å². The van der Waals surface area contributed by atoms with Gasteiger partial charge in [0.2, 0.25) is 0 Å². The van der Waals surface area contributed by atoms with Gasteiger partial charge in [-0.25, -0.2) is 0 Å². The molecule has 3 aromatic rings. The summed E-state index contributed by atoms with van der Waals surface area (Å²) in [4.78, 5) is 0. The van der Waals surface area contributed by atoms with Crippen LogP contribution in [0.5, 0.6) is 0 Å². The molecule has 1 saturated carbocycles. The van der Waals surface area contributed by atoms with Crippen LogP contribution < -0.4 is 10.7 Å². The molecule has 25 heavy (non-hydrogen) atoms. The Morgan fingerprint density at radius 3 is 1.32 bits per heavy atom. The molecule has 0 unspecified atom stereocenters. The molecular formula is C24H24Sn. The van der Waals surface area contributed by atoms with Crippen molar-refractivity contribution in [1.29, 1.82) is 0 Å². The molecule has 3 aromatic carbocycles. The van der Waals surface area contributed by atoms with E-state index in [9.17, 15) is 0 Å². The predicted molar refractivity (Wildman–Crippen MR) is 111 cm³/mol. The average Bonchev–Trinajstić information content (AvgIpc) is 2.66. The fraction of sp³-hybridized carbons (Fsp3) is 0.167. The van der Waals surface area contributed by atoms with Gasteiger partial charge < -0.3 is 0 Å². The first-order valence-corrected chi connectivity index (χ1v) is 15.1. The maximum atomic E-state index is 4.04. The van der Waals surface area contributed by atoms with E-state index >= 15 is 0 Å². The van der Waals surface area contributed by atoms with E-state index in [4.69, 9.17) is 0 Å². The molecule has 0 nitrogen and oxygen atoms in total. The van der Waals surface area contributed by atoms with Crippen LogP contribution in [0.3, 0.4) is 0 Å². The number of allylic oxidation sites excluding steroid dienone is 1. The van der Waals surface area contributed by atoms with Gasteiger partial charge in [-0.1, -0.05) is 0 Å². The molecule has 1 aliphatic rings. The van der Waals surface area contributed by atoms with Crippen LogP contribution >= 0.6 is 0 Å². The summed E-state index contributed by atoms with van der Waals surface area (Å²) in [5.41, 5.74) is 0. The fourth-order valence-electron chi connectivity index (χ4n) is 4.52. The summed E-state index contributed by atoms with van der Waals surface area (Å²) in [6, 6.07) is 34.1. The first kappa shape index (κ1) is 16.7. The molecule has 0 N–H and O–H groups in total. The predicted octanol–water partition coefficient (Wildman–Crippen LogP) is 4.12. The zero-order valence-corrected chi connectivity index (χ0v) is 17.4. The zero-order chi connectivity index (χ0) is 17.1. The Morgan fingerprint density at radius 2 is 1.00 bits per heavy atom. The molecule has 0 radical (unpaired) electrons. The van der Waals surface area contributed by atoms with Gasteiger partial charge in [0.1, 0.15) is 0 Å². The summed E-state index contributed by atoms with van der Waals surface area (Å²) in [7, 11) is 0. The monoisotopic (exact) mass is 432 g/mol. The van der Waals surface area contributed by atoms with Crippen LogP contribution in [0.15, 0.2) is 104 Å². The second-order valence-electron chi connectivity index (χ2n) is 7.07. The van der Waals surface area contributed by atoms with Crippen molar-refractivity contribution >= 4 is 29.1 Å². The van der Waals surface area contributed by atoms with Crippen LogP contribution in [0, 0.1) is 5.92 Å². The van der Waals surface area contributed by atoms with E-state index in [2.05, 4.69) is 104 Å². The molecular weight excluding hydrogens is 407 g/mol. The summed E-state index contributed by atoms with van der Waals surface area (Å²) >= 11 is -3.05. The van der Waals surface area contributed by atoms with Gasteiger partial charge in [-0.05, 0) is 0 Å². The first-order chi connectivity index (χ1) is 12.4. The Bertz CT molecular complexity index is 721. The molecule has 0 spiro atoms. The van der Waals surface area contributed by atoms with E-state index in [1.165, 1.54) is 12.8 Å². The second kappa shape index (κ2) is 7.21. The third-order valence-corrected chi connectivity index (χ3v) is 21.3. The van der Waals surface area contributed by atoms with E-state index in [0.29, 0.717) is 5.92 Å². The number of hydrogen-bond donors (Lipinski definition) is 0. The molecule has 0 heterocycles. The minimum absolute atomic E-state index is 0.692. The van der Waals surface area contributed by atoms with Crippen LogP contribution in [-0.4, -0.2) is 18.4 Å². The number of hydrogen-bond acceptors (Lipinski definition) is 0. The van der Waals surface area contributed by atoms with Crippen molar-refractivity contribution in [2.45, 2.75) is 16.8 Å². The summed E-state index contributed by atoms with van der Waals surface area (Å²) in [6.07, 6.45) is 4.74. The minimum atomic E-state index is -3.05. The van der Waals surface area contributed by atoms with Crippen LogP contribution in [0.25, 0.3) is 0 Å². The number of benzene rings is 3. The van der Waals surface area contributed by atoms with Gasteiger partial charge in [0.15, 0.2) is 0 Å². The SMILES string of the molecule is C=CC1C[CH]([Sn]([c]2ccccc2)([c]2ccccc2)[c]2ccccc2)C1. The van der Waals surface area contributed by atoms with Gasteiger partial charge in [0.05, 0.1) is 0 Å².